The van der Waals surface area contributed by atoms with E-state index in [1.54, 1.807) is 0 Å². The van der Waals surface area contributed by atoms with Crippen LogP contribution in [0, 0.1) is 0 Å². The molecular formula is C20H29IN4O2. The molecule has 1 fully saturated rings. The highest BCUT2D eigenvalue weighted by atomic mass is 127. The summed E-state index contributed by atoms with van der Waals surface area (Å²) in [5.74, 6) is 2.07. The highest BCUT2D eigenvalue weighted by Crippen LogP contribution is 2.18. The standard InChI is InChI=1S/C20H28N4O2.HI/c1-2-21-20(22-11-6-14-24-13-5-9-19(24)25)23-12-10-17-15-16-7-3-4-8-18(16)26-17;/h3-4,7-8,15H,2,5-6,9-14H2,1H3,(H2,21,22,23);1H. The predicted octanol–water partition coefficient (Wildman–Crippen LogP) is 3.16. The molecule has 6 nitrogen and oxygen atoms in total. The number of benzene rings is 1. The summed E-state index contributed by atoms with van der Waals surface area (Å²) in [6, 6.07) is 10.1. The van der Waals surface area contributed by atoms with E-state index < -0.39 is 0 Å². The van der Waals surface area contributed by atoms with Crippen molar-refractivity contribution in [1.29, 1.82) is 0 Å². The van der Waals surface area contributed by atoms with E-state index in [1.165, 1.54) is 0 Å². The Bertz CT molecular complexity index is 726. The van der Waals surface area contributed by atoms with Crippen molar-refractivity contribution in [3.05, 3.63) is 36.1 Å². The SMILES string of the molecule is CCNC(=NCCCN1CCCC1=O)NCCc1cc2ccccc2o1.I. The molecule has 2 N–H and O–H groups in total. The molecule has 1 aliphatic rings. The summed E-state index contributed by atoms with van der Waals surface area (Å²) in [6.45, 7) is 6.06. The topological polar surface area (TPSA) is 69.9 Å². The van der Waals surface area contributed by atoms with E-state index in [4.69, 9.17) is 4.42 Å². The minimum Gasteiger partial charge on any atom is -0.461 e. The first kappa shape index (κ1) is 21.5. The third kappa shape index (κ3) is 6.41. The lowest BCUT2D eigenvalue weighted by Crippen LogP contribution is -2.38. The van der Waals surface area contributed by atoms with Crippen LogP contribution in [0.4, 0.5) is 0 Å². The second kappa shape index (κ2) is 11.2. The number of halogens is 1. The summed E-state index contributed by atoms with van der Waals surface area (Å²) in [5, 5.41) is 7.75. The number of guanidine groups is 1. The number of rotatable bonds is 8. The fraction of sp³-hybridized carbons (Fsp3) is 0.500. The molecule has 0 aliphatic carbocycles. The van der Waals surface area contributed by atoms with Gasteiger partial charge in [-0.3, -0.25) is 9.79 Å². The maximum atomic E-state index is 11.6. The molecule has 2 heterocycles. The van der Waals surface area contributed by atoms with Crippen LogP contribution in [0.5, 0.6) is 0 Å². The Morgan fingerprint density at radius 3 is 2.89 bits per heavy atom. The molecular weight excluding hydrogens is 455 g/mol. The number of carbonyl (C=O) groups is 1. The summed E-state index contributed by atoms with van der Waals surface area (Å²) in [7, 11) is 0. The van der Waals surface area contributed by atoms with Gasteiger partial charge in [-0.1, -0.05) is 18.2 Å². The van der Waals surface area contributed by atoms with Gasteiger partial charge in [0, 0.05) is 51.0 Å². The maximum absolute atomic E-state index is 11.6. The normalized spacial score (nSPS) is 14.5. The number of carbonyl (C=O) groups excluding carboxylic acids is 1. The quantitative estimate of drug-likeness (QED) is 0.262. The summed E-state index contributed by atoms with van der Waals surface area (Å²) in [4.78, 5) is 18.1. The number of hydrogen-bond acceptors (Lipinski definition) is 3. The van der Waals surface area contributed by atoms with E-state index in [1.807, 2.05) is 23.1 Å². The number of fused-ring (bicyclic) bond motifs is 1. The van der Waals surface area contributed by atoms with Gasteiger partial charge in [0.05, 0.1) is 0 Å². The second-order valence-corrected chi connectivity index (χ2v) is 6.53. The average molecular weight is 484 g/mol. The number of aliphatic imine (C=N–C) groups is 1. The van der Waals surface area contributed by atoms with Crippen molar-refractivity contribution in [2.24, 2.45) is 4.99 Å². The molecule has 3 rings (SSSR count). The molecule has 1 aliphatic heterocycles. The van der Waals surface area contributed by atoms with Crippen LogP contribution in [0.2, 0.25) is 0 Å². The van der Waals surface area contributed by atoms with Gasteiger partial charge in [-0.05, 0) is 31.9 Å². The van der Waals surface area contributed by atoms with Crippen molar-refractivity contribution in [3.63, 3.8) is 0 Å². The molecule has 2 aromatic rings. The summed E-state index contributed by atoms with van der Waals surface area (Å²) < 4.78 is 5.84. The molecule has 1 aromatic heterocycles. The van der Waals surface area contributed by atoms with Crippen molar-refractivity contribution >= 4 is 46.8 Å². The number of hydrogen-bond donors (Lipinski definition) is 2. The Kier molecular flexibility index (Phi) is 8.90. The van der Waals surface area contributed by atoms with E-state index in [0.717, 1.165) is 68.1 Å². The molecule has 7 heteroatoms. The number of para-hydroxylation sites is 1. The van der Waals surface area contributed by atoms with E-state index in [-0.39, 0.29) is 29.9 Å². The van der Waals surface area contributed by atoms with Crippen LogP contribution in [0.3, 0.4) is 0 Å². The zero-order chi connectivity index (χ0) is 18.2. The van der Waals surface area contributed by atoms with Crippen LogP contribution in [-0.4, -0.2) is 49.5 Å². The van der Waals surface area contributed by atoms with E-state index in [9.17, 15) is 4.79 Å². The zero-order valence-corrected chi connectivity index (χ0v) is 18.2. The van der Waals surface area contributed by atoms with Gasteiger partial charge >= 0.3 is 0 Å². The van der Waals surface area contributed by atoms with Gasteiger partial charge in [0.1, 0.15) is 11.3 Å². The molecule has 27 heavy (non-hydrogen) atoms. The monoisotopic (exact) mass is 484 g/mol. The Balaban J connectivity index is 0.00000261. The van der Waals surface area contributed by atoms with Crippen LogP contribution in [0.25, 0.3) is 11.0 Å². The largest absolute Gasteiger partial charge is 0.461 e. The summed E-state index contributed by atoms with van der Waals surface area (Å²) in [6.07, 6.45) is 3.40. The lowest BCUT2D eigenvalue weighted by molar-refractivity contribution is -0.127. The number of nitrogens with zero attached hydrogens (tertiary/aromatic N) is 2. The Morgan fingerprint density at radius 1 is 1.30 bits per heavy atom. The third-order valence-corrected chi connectivity index (χ3v) is 4.51. The van der Waals surface area contributed by atoms with Crippen molar-refractivity contribution in [3.8, 4) is 0 Å². The van der Waals surface area contributed by atoms with Gasteiger partial charge in [-0.2, -0.15) is 0 Å². The zero-order valence-electron chi connectivity index (χ0n) is 15.9. The van der Waals surface area contributed by atoms with Crippen LogP contribution in [0.1, 0.15) is 31.9 Å². The first-order valence-corrected chi connectivity index (χ1v) is 9.53. The molecule has 0 bridgehead atoms. The predicted molar refractivity (Wildman–Crippen MR) is 120 cm³/mol. The Hall–Kier alpha value is -1.77. The molecule has 1 saturated heterocycles. The number of nitrogens with one attached hydrogen (secondary N) is 2. The molecule has 0 saturated carbocycles. The van der Waals surface area contributed by atoms with Crippen LogP contribution in [0.15, 0.2) is 39.7 Å². The second-order valence-electron chi connectivity index (χ2n) is 6.53. The number of amides is 1. The number of furan rings is 1. The van der Waals surface area contributed by atoms with Crippen LogP contribution >= 0.6 is 24.0 Å². The van der Waals surface area contributed by atoms with E-state index in [0.29, 0.717) is 13.0 Å². The molecule has 0 spiro atoms. The Morgan fingerprint density at radius 2 is 2.15 bits per heavy atom. The molecule has 0 atom stereocenters. The van der Waals surface area contributed by atoms with Crippen molar-refractivity contribution in [1.82, 2.24) is 15.5 Å². The minimum absolute atomic E-state index is 0. The lowest BCUT2D eigenvalue weighted by Gasteiger charge is -2.15. The van der Waals surface area contributed by atoms with E-state index >= 15 is 0 Å². The molecule has 1 aromatic carbocycles. The average Bonchev–Trinajstić information content (AvgIpc) is 3.24. The summed E-state index contributed by atoms with van der Waals surface area (Å²) in [5.41, 5.74) is 0.930. The summed E-state index contributed by atoms with van der Waals surface area (Å²) >= 11 is 0. The van der Waals surface area contributed by atoms with Gasteiger partial charge in [0.15, 0.2) is 5.96 Å². The maximum Gasteiger partial charge on any atom is 0.222 e. The van der Waals surface area contributed by atoms with Crippen LogP contribution < -0.4 is 10.6 Å². The molecule has 148 valence electrons. The molecule has 0 radical (unpaired) electrons. The molecule has 0 unspecified atom stereocenters. The van der Waals surface area contributed by atoms with Gasteiger partial charge < -0.3 is 20.0 Å². The first-order chi connectivity index (χ1) is 12.8. The van der Waals surface area contributed by atoms with Crippen molar-refractivity contribution in [2.75, 3.05) is 32.7 Å². The van der Waals surface area contributed by atoms with Gasteiger partial charge in [0.25, 0.3) is 0 Å². The van der Waals surface area contributed by atoms with Crippen molar-refractivity contribution in [2.45, 2.75) is 32.6 Å². The smallest absolute Gasteiger partial charge is 0.222 e. The highest BCUT2D eigenvalue weighted by molar-refractivity contribution is 14.0. The van der Waals surface area contributed by atoms with Gasteiger partial charge in [-0.15, -0.1) is 24.0 Å². The Labute approximate surface area is 177 Å². The van der Waals surface area contributed by atoms with Gasteiger partial charge in [0.2, 0.25) is 5.91 Å². The third-order valence-electron chi connectivity index (χ3n) is 4.51. The fourth-order valence-electron chi connectivity index (χ4n) is 3.20. The first-order valence-electron chi connectivity index (χ1n) is 9.53. The fourth-order valence-corrected chi connectivity index (χ4v) is 3.20. The van der Waals surface area contributed by atoms with Gasteiger partial charge in [-0.25, -0.2) is 0 Å². The number of likely N-dealkylation sites (tertiary alicyclic amines) is 1. The van der Waals surface area contributed by atoms with Crippen LogP contribution in [-0.2, 0) is 11.2 Å². The lowest BCUT2D eigenvalue weighted by atomic mass is 10.2. The van der Waals surface area contributed by atoms with Crippen molar-refractivity contribution < 1.29 is 9.21 Å². The minimum atomic E-state index is 0. The highest BCUT2D eigenvalue weighted by Gasteiger charge is 2.18. The molecule has 1 amide bonds. The van der Waals surface area contributed by atoms with E-state index in [2.05, 4.69) is 34.7 Å².